The minimum atomic E-state index is -3.22. The molecular formula is C11H12F2N2O5. The summed E-state index contributed by atoms with van der Waals surface area (Å²) in [5, 5.41) is 10.8. The van der Waals surface area contributed by atoms with E-state index in [1.807, 2.05) is 0 Å². The van der Waals surface area contributed by atoms with Crippen LogP contribution in [0.4, 0.5) is 20.2 Å². The van der Waals surface area contributed by atoms with Gasteiger partial charge in [0.25, 0.3) is 0 Å². The summed E-state index contributed by atoms with van der Waals surface area (Å²) in [7, 11) is 0. The number of nitro groups is 1. The van der Waals surface area contributed by atoms with E-state index in [4.69, 9.17) is 5.73 Å². The molecule has 0 radical (unpaired) electrons. The van der Waals surface area contributed by atoms with E-state index in [2.05, 4.69) is 9.47 Å². The van der Waals surface area contributed by atoms with Gasteiger partial charge in [0, 0.05) is 17.8 Å². The van der Waals surface area contributed by atoms with Crippen LogP contribution in [0.5, 0.6) is 5.75 Å². The highest BCUT2D eigenvalue weighted by atomic mass is 19.3. The van der Waals surface area contributed by atoms with Crippen LogP contribution in [0.1, 0.15) is 12.5 Å². The van der Waals surface area contributed by atoms with Gasteiger partial charge in [-0.3, -0.25) is 14.9 Å². The third kappa shape index (κ3) is 4.04. The van der Waals surface area contributed by atoms with E-state index in [-0.39, 0.29) is 24.3 Å². The van der Waals surface area contributed by atoms with Crippen LogP contribution in [0, 0.1) is 10.1 Å². The first-order chi connectivity index (χ1) is 9.35. The van der Waals surface area contributed by atoms with E-state index < -0.39 is 28.9 Å². The Morgan fingerprint density at radius 1 is 1.50 bits per heavy atom. The molecule has 0 aromatic heterocycles. The first kappa shape index (κ1) is 15.6. The van der Waals surface area contributed by atoms with Crippen LogP contribution in [0.15, 0.2) is 12.1 Å². The predicted octanol–water partition coefficient (Wildman–Crippen LogP) is 1.88. The minimum absolute atomic E-state index is 0.0701. The lowest BCUT2D eigenvalue weighted by Gasteiger charge is -2.10. The summed E-state index contributed by atoms with van der Waals surface area (Å²) in [6, 6.07) is 1.81. The minimum Gasteiger partial charge on any atom is -0.466 e. The van der Waals surface area contributed by atoms with Crippen molar-refractivity contribution < 1.29 is 28.0 Å². The zero-order chi connectivity index (χ0) is 15.3. The van der Waals surface area contributed by atoms with Gasteiger partial charge in [-0.05, 0) is 12.5 Å². The van der Waals surface area contributed by atoms with Gasteiger partial charge in [0.1, 0.15) is 0 Å². The van der Waals surface area contributed by atoms with Gasteiger partial charge < -0.3 is 15.2 Å². The molecule has 1 aromatic rings. The Labute approximate surface area is 112 Å². The molecule has 0 aliphatic rings. The van der Waals surface area contributed by atoms with Crippen molar-refractivity contribution in [3.05, 3.63) is 27.8 Å². The molecule has 0 spiro atoms. The van der Waals surface area contributed by atoms with Gasteiger partial charge in [0.05, 0.1) is 18.0 Å². The highest BCUT2D eigenvalue weighted by molar-refractivity contribution is 5.76. The number of nitrogens with zero attached hydrogens (tertiary/aromatic N) is 1. The highest BCUT2D eigenvalue weighted by Gasteiger charge is 2.22. The van der Waals surface area contributed by atoms with Crippen LogP contribution in [0.3, 0.4) is 0 Å². The first-order valence-electron chi connectivity index (χ1n) is 5.52. The molecule has 0 atom stereocenters. The number of anilines is 1. The molecule has 0 aliphatic heterocycles. The number of esters is 1. The number of nitro benzene ring substituents is 1. The predicted molar refractivity (Wildman–Crippen MR) is 64.5 cm³/mol. The maximum Gasteiger partial charge on any atom is 0.387 e. The molecule has 0 fully saturated rings. The molecule has 0 bridgehead atoms. The van der Waals surface area contributed by atoms with Gasteiger partial charge in [-0.15, -0.1) is 0 Å². The van der Waals surface area contributed by atoms with Crippen LogP contribution in [0.2, 0.25) is 0 Å². The second-order valence-electron chi connectivity index (χ2n) is 3.64. The number of hydrogen-bond donors (Lipinski definition) is 1. The molecule has 9 heteroatoms. The van der Waals surface area contributed by atoms with Crippen molar-refractivity contribution in [1.29, 1.82) is 0 Å². The average molecular weight is 290 g/mol. The number of rotatable bonds is 6. The summed E-state index contributed by atoms with van der Waals surface area (Å²) < 4.78 is 33.0. The second-order valence-corrected chi connectivity index (χ2v) is 3.64. The maximum absolute atomic E-state index is 12.1. The van der Waals surface area contributed by atoms with Gasteiger partial charge in [-0.25, -0.2) is 0 Å². The zero-order valence-electron chi connectivity index (χ0n) is 10.5. The monoisotopic (exact) mass is 290 g/mol. The standard InChI is InChI=1S/C11H12F2N2O5/c1-2-19-10(16)4-6-3-8(15(17)18)9(5-7(6)14)20-11(12)13/h3,5,11H,2,4,14H2,1H3. The molecule has 2 N–H and O–H groups in total. The molecule has 1 aromatic carbocycles. The van der Waals surface area contributed by atoms with Crippen LogP contribution < -0.4 is 10.5 Å². The van der Waals surface area contributed by atoms with E-state index in [9.17, 15) is 23.7 Å². The van der Waals surface area contributed by atoms with E-state index in [0.29, 0.717) is 0 Å². The fourth-order valence-electron chi connectivity index (χ4n) is 1.48. The molecule has 7 nitrogen and oxygen atoms in total. The second kappa shape index (κ2) is 6.64. The van der Waals surface area contributed by atoms with E-state index in [1.54, 1.807) is 6.92 Å². The number of carbonyl (C=O) groups is 1. The topological polar surface area (TPSA) is 105 Å². The fourth-order valence-corrected chi connectivity index (χ4v) is 1.48. The molecule has 0 saturated carbocycles. The summed E-state index contributed by atoms with van der Waals surface area (Å²) in [6.07, 6.45) is -0.296. The van der Waals surface area contributed by atoms with Gasteiger partial charge in [0.15, 0.2) is 0 Å². The van der Waals surface area contributed by atoms with Crippen LogP contribution >= 0.6 is 0 Å². The van der Waals surface area contributed by atoms with Gasteiger partial charge in [-0.2, -0.15) is 8.78 Å². The lowest BCUT2D eigenvalue weighted by molar-refractivity contribution is -0.386. The smallest absolute Gasteiger partial charge is 0.387 e. The maximum atomic E-state index is 12.1. The number of hydrogen-bond acceptors (Lipinski definition) is 6. The van der Waals surface area contributed by atoms with Gasteiger partial charge >= 0.3 is 18.3 Å². The molecule has 0 aliphatic carbocycles. The van der Waals surface area contributed by atoms with E-state index in [0.717, 1.165) is 12.1 Å². The third-order valence-corrected chi connectivity index (χ3v) is 2.27. The van der Waals surface area contributed by atoms with Crippen molar-refractivity contribution in [2.24, 2.45) is 0 Å². The summed E-state index contributed by atoms with van der Waals surface area (Å²) in [5.41, 5.74) is 4.90. The van der Waals surface area contributed by atoms with Crippen molar-refractivity contribution in [3.63, 3.8) is 0 Å². The Balaban J connectivity index is 3.12. The molecule has 110 valence electrons. The molecule has 0 amide bonds. The quantitative estimate of drug-likeness (QED) is 0.371. The van der Waals surface area contributed by atoms with Crippen LogP contribution in [0.25, 0.3) is 0 Å². The van der Waals surface area contributed by atoms with Gasteiger partial charge in [-0.1, -0.05) is 0 Å². The normalized spacial score (nSPS) is 10.4. The Bertz CT molecular complexity index is 522. The average Bonchev–Trinajstić information content (AvgIpc) is 2.31. The number of benzene rings is 1. The zero-order valence-corrected chi connectivity index (χ0v) is 10.5. The number of carbonyl (C=O) groups excluding carboxylic acids is 1. The summed E-state index contributed by atoms with van der Waals surface area (Å²) in [5.74, 6) is -1.29. The molecule has 1 rings (SSSR count). The largest absolute Gasteiger partial charge is 0.466 e. The Hall–Kier alpha value is -2.45. The van der Waals surface area contributed by atoms with E-state index in [1.165, 1.54) is 0 Å². The molecule has 0 unspecified atom stereocenters. The number of halogens is 2. The Morgan fingerprint density at radius 3 is 2.65 bits per heavy atom. The molecule has 20 heavy (non-hydrogen) atoms. The molecule has 0 saturated heterocycles. The highest BCUT2D eigenvalue weighted by Crippen LogP contribution is 2.33. The summed E-state index contributed by atoms with van der Waals surface area (Å²) in [4.78, 5) is 21.2. The van der Waals surface area contributed by atoms with Crippen molar-refractivity contribution in [1.82, 2.24) is 0 Å². The fraction of sp³-hybridized carbons (Fsp3) is 0.364. The van der Waals surface area contributed by atoms with E-state index >= 15 is 0 Å². The van der Waals surface area contributed by atoms with Crippen LogP contribution in [-0.4, -0.2) is 24.1 Å². The van der Waals surface area contributed by atoms with Crippen molar-refractivity contribution in [3.8, 4) is 5.75 Å². The lowest BCUT2D eigenvalue weighted by Crippen LogP contribution is -2.11. The van der Waals surface area contributed by atoms with Gasteiger partial charge in [0.2, 0.25) is 5.75 Å². The summed E-state index contributed by atoms with van der Waals surface area (Å²) in [6.45, 7) is -1.47. The third-order valence-electron chi connectivity index (χ3n) is 2.27. The molecule has 0 heterocycles. The van der Waals surface area contributed by atoms with Crippen molar-refractivity contribution >= 4 is 17.3 Å². The molecular weight excluding hydrogens is 278 g/mol. The number of nitrogens with two attached hydrogens (primary N) is 1. The SMILES string of the molecule is CCOC(=O)Cc1cc([N+](=O)[O-])c(OC(F)F)cc1N. The van der Waals surface area contributed by atoms with Crippen LogP contribution in [-0.2, 0) is 16.0 Å². The number of ether oxygens (including phenoxy) is 2. The summed E-state index contributed by atoms with van der Waals surface area (Å²) >= 11 is 0. The van der Waals surface area contributed by atoms with Crippen molar-refractivity contribution in [2.75, 3.05) is 12.3 Å². The Kier molecular flexibility index (Phi) is 5.18. The number of nitrogen functional groups attached to an aromatic ring is 1. The lowest BCUT2D eigenvalue weighted by atomic mass is 10.1. The number of alkyl halides is 2. The van der Waals surface area contributed by atoms with Crippen molar-refractivity contribution in [2.45, 2.75) is 20.0 Å². The Morgan fingerprint density at radius 2 is 2.15 bits per heavy atom. The first-order valence-corrected chi connectivity index (χ1v) is 5.52.